The number of benzene rings is 2. The van der Waals surface area contributed by atoms with E-state index in [-0.39, 0.29) is 11.9 Å². The van der Waals surface area contributed by atoms with Crippen molar-refractivity contribution in [1.82, 2.24) is 20.4 Å². The van der Waals surface area contributed by atoms with Gasteiger partial charge in [-0.1, -0.05) is 54.1 Å². The van der Waals surface area contributed by atoms with Gasteiger partial charge in [0, 0.05) is 36.3 Å². The number of aromatic nitrogens is 2. The van der Waals surface area contributed by atoms with Crippen LogP contribution in [0.15, 0.2) is 60.8 Å². The number of hydrogen-bond donors (Lipinski definition) is 2. The number of aromatic amines is 1. The molecule has 2 heterocycles. The van der Waals surface area contributed by atoms with Crippen molar-refractivity contribution in [2.24, 2.45) is 0 Å². The average Bonchev–Trinajstić information content (AvgIpc) is 3.33. The van der Waals surface area contributed by atoms with Gasteiger partial charge in [0.15, 0.2) is 0 Å². The van der Waals surface area contributed by atoms with Crippen LogP contribution in [0.4, 0.5) is 0 Å². The second kappa shape index (κ2) is 7.94. The number of likely N-dealkylation sites (tertiary alicyclic amines) is 1. The zero-order chi connectivity index (χ0) is 18.6. The molecule has 2 aromatic carbocycles. The molecule has 27 heavy (non-hydrogen) atoms. The van der Waals surface area contributed by atoms with Crippen LogP contribution in [0.3, 0.4) is 0 Å². The number of nitrogens with one attached hydrogen (secondary N) is 2. The van der Waals surface area contributed by atoms with E-state index in [1.54, 1.807) is 18.3 Å². The standard InChI is InChI=1S/C21H21ClN4O/c22-17-8-6-16(7-9-17)20-19(12-23-25-20)21(27)24-18-10-11-26(14-18)13-15-4-2-1-3-5-15/h1-9,12,18H,10-11,13-14H2,(H,23,25)(H,24,27). The molecule has 0 spiro atoms. The topological polar surface area (TPSA) is 61.0 Å². The Balaban J connectivity index is 1.39. The van der Waals surface area contributed by atoms with Crippen molar-refractivity contribution in [3.05, 3.63) is 76.9 Å². The Labute approximate surface area is 163 Å². The maximum Gasteiger partial charge on any atom is 0.255 e. The second-order valence-corrected chi connectivity index (χ2v) is 7.28. The van der Waals surface area contributed by atoms with Gasteiger partial charge in [-0.25, -0.2) is 0 Å². The Bertz CT molecular complexity index is 907. The lowest BCUT2D eigenvalue weighted by atomic mass is 10.1. The van der Waals surface area contributed by atoms with Gasteiger partial charge >= 0.3 is 0 Å². The first-order chi connectivity index (χ1) is 13.2. The van der Waals surface area contributed by atoms with Crippen molar-refractivity contribution >= 4 is 17.5 Å². The Kier molecular flexibility index (Phi) is 5.23. The fourth-order valence-electron chi connectivity index (χ4n) is 3.49. The monoisotopic (exact) mass is 380 g/mol. The maximum atomic E-state index is 12.8. The summed E-state index contributed by atoms with van der Waals surface area (Å²) in [6.45, 7) is 2.75. The number of rotatable bonds is 5. The van der Waals surface area contributed by atoms with E-state index in [1.807, 2.05) is 18.2 Å². The maximum absolute atomic E-state index is 12.8. The van der Waals surface area contributed by atoms with E-state index in [9.17, 15) is 4.79 Å². The number of halogens is 1. The largest absolute Gasteiger partial charge is 0.348 e. The van der Waals surface area contributed by atoms with Crippen LogP contribution in [0, 0.1) is 0 Å². The summed E-state index contributed by atoms with van der Waals surface area (Å²) < 4.78 is 0. The summed E-state index contributed by atoms with van der Waals surface area (Å²) in [6.07, 6.45) is 2.53. The van der Waals surface area contributed by atoms with Crippen LogP contribution in [0.1, 0.15) is 22.3 Å². The molecular formula is C21H21ClN4O. The minimum absolute atomic E-state index is 0.0970. The molecule has 2 N–H and O–H groups in total. The Morgan fingerprint density at radius 3 is 2.74 bits per heavy atom. The van der Waals surface area contributed by atoms with Gasteiger partial charge in [0.25, 0.3) is 5.91 Å². The van der Waals surface area contributed by atoms with Gasteiger partial charge in [0.2, 0.25) is 0 Å². The second-order valence-electron chi connectivity index (χ2n) is 6.85. The first kappa shape index (κ1) is 17.8. The van der Waals surface area contributed by atoms with Gasteiger partial charge in [-0.05, 0) is 24.1 Å². The molecule has 1 fully saturated rings. The molecule has 1 unspecified atom stereocenters. The van der Waals surface area contributed by atoms with E-state index < -0.39 is 0 Å². The highest BCUT2D eigenvalue weighted by Crippen LogP contribution is 2.23. The normalized spacial score (nSPS) is 17.1. The Morgan fingerprint density at radius 1 is 1.19 bits per heavy atom. The lowest BCUT2D eigenvalue weighted by Crippen LogP contribution is -2.37. The van der Waals surface area contributed by atoms with E-state index in [4.69, 9.17) is 11.6 Å². The van der Waals surface area contributed by atoms with E-state index in [0.29, 0.717) is 16.3 Å². The Hall–Kier alpha value is -2.63. The summed E-state index contributed by atoms with van der Waals surface area (Å²) in [5.74, 6) is -0.0970. The molecule has 1 aliphatic rings. The van der Waals surface area contributed by atoms with Crippen LogP contribution in [-0.2, 0) is 6.54 Å². The summed E-state index contributed by atoms with van der Waals surface area (Å²) in [5, 5.41) is 10.8. The minimum Gasteiger partial charge on any atom is -0.348 e. The summed E-state index contributed by atoms with van der Waals surface area (Å²) in [6, 6.07) is 17.9. The van der Waals surface area contributed by atoms with Crippen LogP contribution < -0.4 is 5.32 Å². The molecule has 1 aromatic heterocycles. The molecule has 6 heteroatoms. The molecule has 1 atom stereocenters. The van der Waals surface area contributed by atoms with E-state index in [2.05, 4.69) is 44.7 Å². The smallest absolute Gasteiger partial charge is 0.255 e. The van der Waals surface area contributed by atoms with Gasteiger partial charge in [-0.2, -0.15) is 5.10 Å². The number of H-pyrrole nitrogens is 1. The quantitative estimate of drug-likeness (QED) is 0.709. The van der Waals surface area contributed by atoms with Crippen molar-refractivity contribution in [1.29, 1.82) is 0 Å². The van der Waals surface area contributed by atoms with Gasteiger partial charge in [0.1, 0.15) is 0 Å². The first-order valence-electron chi connectivity index (χ1n) is 9.05. The molecular weight excluding hydrogens is 360 g/mol. The molecule has 4 rings (SSSR count). The van der Waals surface area contributed by atoms with Crippen LogP contribution >= 0.6 is 11.6 Å². The zero-order valence-corrected chi connectivity index (χ0v) is 15.6. The zero-order valence-electron chi connectivity index (χ0n) is 14.9. The van der Waals surface area contributed by atoms with Crippen molar-refractivity contribution in [2.45, 2.75) is 19.0 Å². The molecule has 1 aliphatic heterocycles. The first-order valence-corrected chi connectivity index (χ1v) is 9.43. The molecule has 138 valence electrons. The van der Waals surface area contributed by atoms with Gasteiger partial charge in [0.05, 0.1) is 17.5 Å². The van der Waals surface area contributed by atoms with E-state index in [0.717, 1.165) is 31.6 Å². The van der Waals surface area contributed by atoms with Gasteiger partial charge in [-0.3, -0.25) is 14.8 Å². The summed E-state index contributed by atoms with van der Waals surface area (Å²) in [4.78, 5) is 15.1. The van der Waals surface area contributed by atoms with Crippen LogP contribution in [-0.4, -0.2) is 40.1 Å². The highest BCUT2D eigenvalue weighted by molar-refractivity contribution is 6.30. The molecule has 0 bridgehead atoms. The summed E-state index contributed by atoms with van der Waals surface area (Å²) in [5.41, 5.74) is 3.45. The minimum atomic E-state index is -0.0970. The van der Waals surface area contributed by atoms with Gasteiger partial charge in [-0.15, -0.1) is 0 Å². The highest BCUT2D eigenvalue weighted by atomic mass is 35.5. The van der Waals surface area contributed by atoms with Crippen LogP contribution in [0.5, 0.6) is 0 Å². The van der Waals surface area contributed by atoms with E-state index in [1.165, 1.54) is 5.56 Å². The third-order valence-corrected chi connectivity index (χ3v) is 5.13. The van der Waals surface area contributed by atoms with Crippen molar-refractivity contribution in [3.8, 4) is 11.3 Å². The number of carbonyl (C=O) groups is 1. The van der Waals surface area contributed by atoms with Crippen LogP contribution in [0.2, 0.25) is 5.02 Å². The molecule has 5 nitrogen and oxygen atoms in total. The average molecular weight is 381 g/mol. The summed E-state index contributed by atoms with van der Waals surface area (Å²) in [7, 11) is 0. The van der Waals surface area contributed by atoms with Gasteiger partial charge < -0.3 is 5.32 Å². The predicted molar refractivity (Wildman–Crippen MR) is 107 cm³/mol. The van der Waals surface area contributed by atoms with Crippen molar-refractivity contribution in [2.75, 3.05) is 13.1 Å². The number of nitrogens with zero attached hydrogens (tertiary/aromatic N) is 2. The van der Waals surface area contributed by atoms with E-state index >= 15 is 0 Å². The molecule has 1 amide bonds. The number of amides is 1. The number of carbonyl (C=O) groups excluding carboxylic acids is 1. The number of hydrogen-bond acceptors (Lipinski definition) is 3. The molecule has 0 aliphatic carbocycles. The fourth-order valence-corrected chi connectivity index (χ4v) is 3.62. The lowest BCUT2D eigenvalue weighted by Gasteiger charge is -2.17. The third kappa shape index (κ3) is 4.21. The summed E-state index contributed by atoms with van der Waals surface area (Å²) >= 11 is 5.95. The third-order valence-electron chi connectivity index (χ3n) is 4.87. The highest BCUT2D eigenvalue weighted by Gasteiger charge is 2.25. The van der Waals surface area contributed by atoms with Crippen LogP contribution in [0.25, 0.3) is 11.3 Å². The van der Waals surface area contributed by atoms with Crippen molar-refractivity contribution in [3.63, 3.8) is 0 Å². The molecule has 3 aromatic rings. The fraction of sp³-hybridized carbons (Fsp3) is 0.238. The van der Waals surface area contributed by atoms with Crippen molar-refractivity contribution < 1.29 is 4.79 Å². The molecule has 1 saturated heterocycles. The molecule has 0 saturated carbocycles. The lowest BCUT2D eigenvalue weighted by molar-refractivity contribution is 0.0938. The predicted octanol–water partition coefficient (Wildman–Crippen LogP) is 3.73. The Morgan fingerprint density at radius 2 is 1.96 bits per heavy atom. The molecule has 0 radical (unpaired) electrons. The SMILES string of the molecule is O=C(NC1CCN(Cc2ccccc2)C1)c1cn[nH]c1-c1ccc(Cl)cc1.